The molecule has 0 radical (unpaired) electrons. The number of H-pyrrole nitrogens is 1. The third kappa shape index (κ3) is 3.58. The van der Waals surface area contributed by atoms with Gasteiger partial charge in [0.25, 0.3) is 5.91 Å². The summed E-state index contributed by atoms with van der Waals surface area (Å²) in [4.78, 5) is 25.5. The molecule has 0 spiro atoms. The highest BCUT2D eigenvalue weighted by Crippen LogP contribution is 2.14. The number of fused-ring (bicyclic) bond motifs is 1. The molecular formula is C14H17N3O2. The summed E-state index contributed by atoms with van der Waals surface area (Å²) < 4.78 is 0. The van der Waals surface area contributed by atoms with Crippen molar-refractivity contribution in [1.29, 1.82) is 0 Å². The lowest BCUT2D eigenvalue weighted by atomic mass is 10.1. The monoisotopic (exact) mass is 259 g/mol. The first kappa shape index (κ1) is 13.1. The molecule has 0 aliphatic carbocycles. The van der Waals surface area contributed by atoms with E-state index in [4.69, 9.17) is 5.73 Å². The van der Waals surface area contributed by atoms with Crippen molar-refractivity contribution in [2.45, 2.75) is 19.3 Å². The number of aromatic nitrogens is 1. The van der Waals surface area contributed by atoms with Gasteiger partial charge in [0.15, 0.2) is 0 Å². The van der Waals surface area contributed by atoms with Crippen LogP contribution in [-0.2, 0) is 4.79 Å². The second kappa shape index (κ2) is 6.04. The lowest BCUT2D eigenvalue weighted by Gasteiger charge is -2.05. The predicted octanol–water partition coefficient (Wildman–Crippen LogP) is 1.55. The van der Waals surface area contributed by atoms with Crippen molar-refractivity contribution in [3.63, 3.8) is 0 Å². The molecular weight excluding hydrogens is 242 g/mol. The number of aromatic amines is 1. The maximum Gasteiger partial charge on any atom is 0.251 e. The van der Waals surface area contributed by atoms with Crippen LogP contribution in [0, 0.1) is 0 Å². The molecule has 2 amide bonds. The second-order valence-electron chi connectivity index (χ2n) is 4.46. The van der Waals surface area contributed by atoms with Gasteiger partial charge in [0.1, 0.15) is 0 Å². The topological polar surface area (TPSA) is 88.0 Å². The highest BCUT2D eigenvalue weighted by atomic mass is 16.2. The van der Waals surface area contributed by atoms with Gasteiger partial charge >= 0.3 is 0 Å². The Morgan fingerprint density at radius 3 is 2.84 bits per heavy atom. The Bertz CT molecular complexity index is 589. The zero-order chi connectivity index (χ0) is 13.7. The molecule has 5 heteroatoms. The normalized spacial score (nSPS) is 10.5. The van der Waals surface area contributed by atoms with E-state index in [1.165, 1.54) is 0 Å². The van der Waals surface area contributed by atoms with Crippen LogP contribution in [0.4, 0.5) is 0 Å². The Hall–Kier alpha value is -2.30. The number of benzene rings is 1. The summed E-state index contributed by atoms with van der Waals surface area (Å²) in [6.07, 6.45) is 3.66. The smallest absolute Gasteiger partial charge is 0.251 e. The van der Waals surface area contributed by atoms with Crippen molar-refractivity contribution in [1.82, 2.24) is 10.3 Å². The Morgan fingerprint density at radius 1 is 1.21 bits per heavy atom. The number of hydrogen-bond donors (Lipinski definition) is 3. The molecule has 0 saturated carbocycles. The van der Waals surface area contributed by atoms with Gasteiger partial charge in [-0.2, -0.15) is 0 Å². The van der Waals surface area contributed by atoms with E-state index in [1.54, 1.807) is 6.07 Å². The first-order valence-corrected chi connectivity index (χ1v) is 6.30. The Balaban J connectivity index is 1.84. The molecule has 1 aromatic carbocycles. The molecule has 0 aliphatic heterocycles. The fraction of sp³-hybridized carbons (Fsp3) is 0.286. The van der Waals surface area contributed by atoms with Gasteiger partial charge < -0.3 is 16.0 Å². The van der Waals surface area contributed by atoms with E-state index in [-0.39, 0.29) is 11.8 Å². The zero-order valence-corrected chi connectivity index (χ0v) is 10.6. The molecule has 0 bridgehead atoms. The number of unbranched alkanes of at least 4 members (excludes halogenated alkanes) is 1. The fourth-order valence-electron chi connectivity index (χ4n) is 1.92. The van der Waals surface area contributed by atoms with E-state index in [0.717, 1.165) is 17.3 Å². The van der Waals surface area contributed by atoms with Gasteiger partial charge in [0, 0.05) is 35.6 Å². The SMILES string of the molecule is NC(=O)CCCCNC(=O)c1ccc2[nH]ccc2c1. The summed E-state index contributed by atoms with van der Waals surface area (Å²) in [7, 11) is 0. The van der Waals surface area contributed by atoms with Gasteiger partial charge in [0.2, 0.25) is 5.91 Å². The van der Waals surface area contributed by atoms with Gasteiger partial charge in [-0.15, -0.1) is 0 Å². The second-order valence-corrected chi connectivity index (χ2v) is 4.46. The van der Waals surface area contributed by atoms with Gasteiger partial charge in [-0.05, 0) is 37.1 Å². The number of carbonyl (C=O) groups excluding carboxylic acids is 2. The van der Waals surface area contributed by atoms with Crippen LogP contribution < -0.4 is 11.1 Å². The number of primary amides is 1. The summed E-state index contributed by atoms with van der Waals surface area (Å²) in [6, 6.07) is 7.46. The van der Waals surface area contributed by atoms with Gasteiger partial charge in [-0.3, -0.25) is 9.59 Å². The largest absolute Gasteiger partial charge is 0.370 e. The molecule has 1 heterocycles. The molecule has 0 fully saturated rings. The number of nitrogens with two attached hydrogens (primary N) is 1. The van der Waals surface area contributed by atoms with Crippen LogP contribution in [0.3, 0.4) is 0 Å². The van der Waals surface area contributed by atoms with E-state index in [0.29, 0.717) is 24.9 Å². The first-order chi connectivity index (χ1) is 9.16. The summed E-state index contributed by atoms with van der Waals surface area (Å²) in [5.41, 5.74) is 6.69. The van der Waals surface area contributed by atoms with E-state index < -0.39 is 0 Å². The molecule has 0 aliphatic rings. The highest BCUT2D eigenvalue weighted by molar-refractivity contribution is 5.98. The zero-order valence-electron chi connectivity index (χ0n) is 10.6. The lowest BCUT2D eigenvalue weighted by Crippen LogP contribution is -2.24. The minimum Gasteiger partial charge on any atom is -0.370 e. The Kier molecular flexibility index (Phi) is 4.18. The summed E-state index contributed by atoms with van der Waals surface area (Å²) in [6.45, 7) is 0.553. The maximum atomic E-state index is 11.9. The molecule has 2 rings (SSSR count). The average molecular weight is 259 g/mol. The number of hydrogen-bond acceptors (Lipinski definition) is 2. The van der Waals surface area contributed by atoms with E-state index in [2.05, 4.69) is 10.3 Å². The first-order valence-electron chi connectivity index (χ1n) is 6.30. The summed E-state index contributed by atoms with van der Waals surface area (Å²) >= 11 is 0. The van der Waals surface area contributed by atoms with Crippen molar-refractivity contribution in [3.8, 4) is 0 Å². The van der Waals surface area contributed by atoms with Gasteiger partial charge in [-0.25, -0.2) is 0 Å². The van der Waals surface area contributed by atoms with Crippen molar-refractivity contribution in [2.24, 2.45) is 5.73 Å². The molecule has 0 saturated heterocycles. The lowest BCUT2D eigenvalue weighted by molar-refractivity contribution is -0.118. The minimum absolute atomic E-state index is 0.0952. The van der Waals surface area contributed by atoms with Crippen LogP contribution in [0.5, 0.6) is 0 Å². The third-order valence-corrected chi connectivity index (χ3v) is 2.95. The number of rotatable bonds is 6. The van der Waals surface area contributed by atoms with Crippen LogP contribution in [-0.4, -0.2) is 23.3 Å². The Labute approximate surface area is 111 Å². The molecule has 0 atom stereocenters. The van der Waals surface area contributed by atoms with Crippen LogP contribution in [0.15, 0.2) is 30.5 Å². The fourth-order valence-corrected chi connectivity index (χ4v) is 1.92. The number of carbonyl (C=O) groups is 2. The molecule has 19 heavy (non-hydrogen) atoms. The molecule has 100 valence electrons. The van der Waals surface area contributed by atoms with Crippen molar-refractivity contribution in [3.05, 3.63) is 36.0 Å². The standard InChI is InChI=1S/C14H17N3O2/c15-13(18)3-1-2-7-17-14(19)11-4-5-12-10(9-11)6-8-16-12/h4-6,8-9,16H,1-3,7H2,(H2,15,18)(H,17,19). The van der Waals surface area contributed by atoms with E-state index in [9.17, 15) is 9.59 Å². The van der Waals surface area contributed by atoms with Crippen LogP contribution in [0.25, 0.3) is 10.9 Å². The number of amides is 2. The Morgan fingerprint density at radius 2 is 2.05 bits per heavy atom. The maximum absolute atomic E-state index is 11.9. The predicted molar refractivity (Wildman–Crippen MR) is 73.7 cm³/mol. The molecule has 4 N–H and O–H groups in total. The van der Waals surface area contributed by atoms with Crippen molar-refractivity contribution >= 4 is 22.7 Å². The molecule has 0 unspecified atom stereocenters. The molecule has 1 aromatic heterocycles. The average Bonchev–Trinajstić information content (AvgIpc) is 2.84. The van der Waals surface area contributed by atoms with Crippen LogP contribution in [0.1, 0.15) is 29.6 Å². The number of nitrogens with one attached hydrogen (secondary N) is 2. The van der Waals surface area contributed by atoms with Crippen molar-refractivity contribution in [2.75, 3.05) is 6.54 Å². The quantitative estimate of drug-likeness (QED) is 0.687. The minimum atomic E-state index is -0.302. The van der Waals surface area contributed by atoms with Crippen molar-refractivity contribution < 1.29 is 9.59 Å². The summed E-state index contributed by atoms with van der Waals surface area (Å²) in [5, 5.41) is 3.84. The van der Waals surface area contributed by atoms with E-state index in [1.807, 2.05) is 24.4 Å². The third-order valence-electron chi connectivity index (χ3n) is 2.95. The van der Waals surface area contributed by atoms with Gasteiger partial charge in [-0.1, -0.05) is 0 Å². The molecule has 5 nitrogen and oxygen atoms in total. The summed E-state index contributed by atoms with van der Waals surface area (Å²) in [5.74, 6) is -0.397. The molecule has 2 aromatic rings. The highest BCUT2D eigenvalue weighted by Gasteiger charge is 2.06. The van der Waals surface area contributed by atoms with Gasteiger partial charge in [0.05, 0.1) is 0 Å². The van der Waals surface area contributed by atoms with E-state index >= 15 is 0 Å². The van der Waals surface area contributed by atoms with Crippen LogP contribution in [0.2, 0.25) is 0 Å². The van der Waals surface area contributed by atoms with Crippen LogP contribution >= 0.6 is 0 Å².